The van der Waals surface area contributed by atoms with Gasteiger partial charge in [0, 0.05) is 36.5 Å². The average molecular weight is 368 g/mol. The van der Waals surface area contributed by atoms with Crippen LogP contribution in [0, 0.1) is 23.0 Å². The van der Waals surface area contributed by atoms with Gasteiger partial charge in [0.25, 0.3) is 11.6 Å². The van der Waals surface area contributed by atoms with Gasteiger partial charge in [-0.3, -0.25) is 24.8 Å². The number of nitrogens with zero attached hydrogens (tertiary/aromatic N) is 3. The molecule has 1 aromatic carbocycles. The van der Waals surface area contributed by atoms with Crippen molar-refractivity contribution in [2.24, 2.45) is 5.92 Å². The van der Waals surface area contributed by atoms with Crippen molar-refractivity contribution in [2.75, 3.05) is 19.6 Å². The Morgan fingerprint density at radius 2 is 2.07 bits per heavy atom. The molecule has 27 heavy (non-hydrogen) atoms. The van der Waals surface area contributed by atoms with E-state index in [9.17, 15) is 14.9 Å². The highest BCUT2D eigenvalue weighted by Gasteiger charge is 2.21. The SMILES string of the molecule is Cc1ccc(C(=O)NCC2CCN(Cc3ccccn3)CC2)cc1[N+](=O)[O-]. The van der Waals surface area contributed by atoms with Gasteiger partial charge in [0.2, 0.25) is 0 Å². The number of nitrogens with one attached hydrogen (secondary N) is 1. The van der Waals surface area contributed by atoms with Gasteiger partial charge in [-0.15, -0.1) is 0 Å². The van der Waals surface area contributed by atoms with Gasteiger partial charge in [0.05, 0.1) is 10.6 Å². The van der Waals surface area contributed by atoms with Crippen LogP contribution in [0.3, 0.4) is 0 Å². The van der Waals surface area contributed by atoms with Gasteiger partial charge in [-0.2, -0.15) is 0 Å². The zero-order valence-corrected chi connectivity index (χ0v) is 15.4. The molecule has 0 radical (unpaired) electrons. The molecule has 1 aliphatic heterocycles. The summed E-state index contributed by atoms with van der Waals surface area (Å²) in [6.07, 6.45) is 3.84. The lowest BCUT2D eigenvalue weighted by Crippen LogP contribution is -2.38. The number of amides is 1. The summed E-state index contributed by atoms with van der Waals surface area (Å²) in [6.45, 7) is 5.07. The van der Waals surface area contributed by atoms with E-state index in [1.807, 2.05) is 24.4 Å². The molecule has 3 rings (SSSR count). The fraction of sp³-hybridized carbons (Fsp3) is 0.400. The summed E-state index contributed by atoms with van der Waals surface area (Å²) in [6, 6.07) is 10.5. The van der Waals surface area contributed by atoms with Crippen LogP contribution < -0.4 is 5.32 Å². The molecule has 1 fully saturated rings. The van der Waals surface area contributed by atoms with Gasteiger partial charge in [-0.05, 0) is 57.0 Å². The third kappa shape index (κ3) is 5.10. The molecule has 0 spiro atoms. The number of rotatable bonds is 6. The number of likely N-dealkylation sites (tertiary alicyclic amines) is 1. The second-order valence-corrected chi connectivity index (χ2v) is 7.01. The van der Waals surface area contributed by atoms with Crippen LogP contribution in [0.15, 0.2) is 42.6 Å². The Morgan fingerprint density at radius 3 is 2.74 bits per heavy atom. The van der Waals surface area contributed by atoms with Gasteiger partial charge in [0.15, 0.2) is 0 Å². The molecule has 1 aliphatic rings. The number of aromatic nitrogens is 1. The minimum absolute atomic E-state index is 0.0227. The van der Waals surface area contributed by atoms with Crippen LogP contribution in [0.4, 0.5) is 5.69 Å². The van der Waals surface area contributed by atoms with Crippen LogP contribution in [0.5, 0.6) is 0 Å². The lowest BCUT2D eigenvalue weighted by atomic mass is 9.96. The van der Waals surface area contributed by atoms with Crippen LogP contribution in [-0.4, -0.2) is 40.3 Å². The Bertz CT molecular complexity index is 802. The number of hydrogen-bond donors (Lipinski definition) is 1. The van der Waals surface area contributed by atoms with Crippen molar-refractivity contribution in [1.82, 2.24) is 15.2 Å². The topological polar surface area (TPSA) is 88.4 Å². The van der Waals surface area contributed by atoms with Crippen molar-refractivity contribution in [3.05, 3.63) is 69.5 Å². The fourth-order valence-electron chi connectivity index (χ4n) is 3.36. The molecule has 2 heterocycles. The van der Waals surface area contributed by atoms with Crippen molar-refractivity contribution >= 4 is 11.6 Å². The molecule has 1 aromatic heterocycles. The van der Waals surface area contributed by atoms with Crippen molar-refractivity contribution in [1.29, 1.82) is 0 Å². The molecular formula is C20H24N4O3. The summed E-state index contributed by atoms with van der Waals surface area (Å²) in [5.74, 6) is 0.170. The molecule has 2 aromatic rings. The molecule has 0 unspecified atom stereocenters. The van der Waals surface area contributed by atoms with E-state index in [2.05, 4.69) is 15.2 Å². The molecule has 1 N–H and O–H groups in total. The third-order valence-electron chi connectivity index (χ3n) is 5.04. The van der Waals surface area contributed by atoms with E-state index < -0.39 is 4.92 Å². The summed E-state index contributed by atoms with van der Waals surface area (Å²) in [7, 11) is 0. The summed E-state index contributed by atoms with van der Waals surface area (Å²) < 4.78 is 0. The van der Waals surface area contributed by atoms with E-state index in [-0.39, 0.29) is 11.6 Å². The molecule has 1 amide bonds. The number of pyridine rings is 1. The van der Waals surface area contributed by atoms with Crippen molar-refractivity contribution in [3.63, 3.8) is 0 Å². The molecule has 0 saturated carbocycles. The zero-order valence-electron chi connectivity index (χ0n) is 15.4. The predicted octanol–water partition coefficient (Wildman–Crippen LogP) is 2.94. The highest BCUT2D eigenvalue weighted by Crippen LogP contribution is 2.20. The normalized spacial score (nSPS) is 15.4. The van der Waals surface area contributed by atoms with E-state index in [0.717, 1.165) is 38.2 Å². The molecule has 7 heteroatoms. The number of piperidine rings is 1. The maximum Gasteiger partial charge on any atom is 0.273 e. The van der Waals surface area contributed by atoms with E-state index >= 15 is 0 Å². The van der Waals surface area contributed by atoms with Crippen molar-refractivity contribution in [2.45, 2.75) is 26.3 Å². The van der Waals surface area contributed by atoms with Gasteiger partial charge in [0.1, 0.15) is 0 Å². The summed E-state index contributed by atoms with van der Waals surface area (Å²) in [5, 5.41) is 14.0. The van der Waals surface area contributed by atoms with Crippen LogP contribution in [-0.2, 0) is 6.54 Å². The second-order valence-electron chi connectivity index (χ2n) is 7.01. The Kier molecular flexibility index (Phi) is 6.13. The van der Waals surface area contributed by atoms with Gasteiger partial charge in [-0.1, -0.05) is 12.1 Å². The van der Waals surface area contributed by atoms with E-state index in [1.54, 1.807) is 19.1 Å². The number of aryl methyl sites for hydroxylation is 1. The average Bonchev–Trinajstić information content (AvgIpc) is 2.68. The Balaban J connectivity index is 1.46. The van der Waals surface area contributed by atoms with E-state index in [0.29, 0.717) is 23.6 Å². The maximum absolute atomic E-state index is 12.3. The molecule has 0 atom stereocenters. The predicted molar refractivity (Wildman–Crippen MR) is 102 cm³/mol. The number of carbonyl (C=O) groups is 1. The van der Waals surface area contributed by atoms with Gasteiger partial charge in [-0.25, -0.2) is 0 Å². The first-order chi connectivity index (χ1) is 13.0. The summed E-state index contributed by atoms with van der Waals surface area (Å²) in [4.78, 5) is 29.6. The molecule has 142 valence electrons. The fourth-order valence-corrected chi connectivity index (χ4v) is 3.36. The minimum Gasteiger partial charge on any atom is -0.352 e. The number of benzene rings is 1. The maximum atomic E-state index is 12.3. The van der Waals surface area contributed by atoms with Crippen LogP contribution >= 0.6 is 0 Å². The van der Waals surface area contributed by atoms with Gasteiger partial charge >= 0.3 is 0 Å². The van der Waals surface area contributed by atoms with Crippen LogP contribution in [0.25, 0.3) is 0 Å². The summed E-state index contributed by atoms with van der Waals surface area (Å²) >= 11 is 0. The smallest absolute Gasteiger partial charge is 0.273 e. The lowest BCUT2D eigenvalue weighted by Gasteiger charge is -2.31. The Labute approximate surface area is 158 Å². The number of nitro benzene ring substituents is 1. The Hall–Kier alpha value is -2.80. The highest BCUT2D eigenvalue weighted by atomic mass is 16.6. The number of hydrogen-bond acceptors (Lipinski definition) is 5. The van der Waals surface area contributed by atoms with E-state index in [4.69, 9.17) is 0 Å². The second kappa shape index (κ2) is 8.73. The van der Waals surface area contributed by atoms with Crippen molar-refractivity contribution < 1.29 is 9.72 Å². The molecule has 0 bridgehead atoms. The summed E-state index contributed by atoms with van der Waals surface area (Å²) in [5.41, 5.74) is 1.94. The quantitative estimate of drug-likeness (QED) is 0.625. The number of carbonyl (C=O) groups excluding carboxylic acids is 1. The first kappa shape index (κ1) is 19.0. The third-order valence-corrected chi connectivity index (χ3v) is 5.04. The van der Waals surface area contributed by atoms with Crippen LogP contribution in [0.2, 0.25) is 0 Å². The number of nitro groups is 1. The molecule has 1 saturated heterocycles. The molecule has 0 aliphatic carbocycles. The van der Waals surface area contributed by atoms with Gasteiger partial charge < -0.3 is 5.32 Å². The zero-order chi connectivity index (χ0) is 19.2. The largest absolute Gasteiger partial charge is 0.352 e. The van der Waals surface area contributed by atoms with E-state index in [1.165, 1.54) is 6.07 Å². The first-order valence-electron chi connectivity index (χ1n) is 9.18. The first-order valence-corrected chi connectivity index (χ1v) is 9.18. The standard InChI is InChI=1S/C20H24N4O3/c1-15-5-6-17(12-19(15)24(26)27)20(25)22-13-16-7-10-23(11-8-16)14-18-4-2-3-9-21-18/h2-6,9,12,16H,7-8,10-11,13-14H2,1H3,(H,22,25). The molecule has 7 nitrogen and oxygen atoms in total. The lowest BCUT2D eigenvalue weighted by molar-refractivity contribution is -0.385. The highest BCUT2D eigenvalue weighted by molar-refractivity contribution is 5.94. The Morgan fingerprint density at radius 1 is 1.30 bits per heavy atom. The minimum atomic E-state index is -0.455. The molecular weight excluding hydrogens is 344 g/mol. The van der Waals surface area contributed by atoms with Crippen molar-refractivity contribution in [3.8, 4) is 0 Å². The monoisotopic (exact) mass is 368 g/mol. The van der Waals surface area contributed by atoms with Crippen LogP contribution in [0.1, 0.15) is 34.5 Å².